The number of esters is 1. The normalized spacial score (nSPS) is 9.77. The van der Waals surface area contributed by atoms with Crippen molar-refractivity contribution in [2.45, 2.75) is 13.8 Å². The second-order valence-electron chi connectivity index (χ2n) is 2.77. The number of hydrogen-bond donors (Lipinski definition) is 1. The summed E-state index contributed by atoms with van der Waals surface area (Å²) < 4.78 is 4.54. The van der Waals surface area contributed by atoms with Crippen molar-refractivity contribution in [3.05, 3.63) is 22.5 Å². The summed E-state index contributed by atoms with van der Waals surface area (Å²) in [4.78, 5) is 24.4. The van der Waals surface area contributed by atoms with E-state index in [0.717, 1.165) is 11.1 Å². The molecule has 0 amide bonds. The highest BCUT2D eigenvalue weighted by atomic mass is 16.5. The highest BCUT2D eigenvalue weighted by Gasteiger charge is 2.16. The molecule has 1 N–H and O–H groups in total. The van der Waals surface area contributed by atoms with Gasteiger partial charge in [0.1, 0.15) is 5.69 Å². The molecule has 13 heavy (non-hydrogen) atoms. The van der Waals surface area contributed by atoms with E-state index in [1.54, 1.807) is 13.8 Å². The number of ether oxygens (including phenoxy) is 1. The number of carbonyl (C=O) groups excluding carboxylic acids is 2. The molecule has 1 aromatic rings. The molecule has 0 spiro atoms. The van der Waals surface area contributed by atoms with Crippen LogP contribution in [0.4, 0.5) is 0 Å². The second-order valence-corrected chi connectivity index (χ2v) is 2.77. The summed E-state index contributed by atoms with van der Waals surface area (Å²) in [6, 6.07) is 0. The largest absolute Gasteiger partial charge is 0.464 e. The topological polar surface area (TPSA) is 59.2 Å². The first-order chi connectivity index (χ1) is 6.11. The van der Waals surface area contributed by atoms with Crippen molar-refractivity contribution >= 4 is 12.3 Å². The number of carbonyl (C=O) groups is 2. The van der Waals surface area contributed by atoms with Gasteiger partial charge in [-0.1, -0.05) is 0 Å². The Morgan fingerprint density at radius 2 is 2.00 bits per heavy atom. The maximum Gasteiger partial charge on any atom is 0.354 e. The zero-order valence-electron chi connectivity index (χ0n) is 7.80. The number of aromatic amines is 1. The van der Waals surface area contributed by atoms with Crippen molar-refractivity contribution in [1.82, 2.24) is 4.98 Å². The highest BCUT2D eigenvalue weighted by molar-refractivity contribution is 5.92. The Morgan fingerprint density at radius 1 is 1.38 bits per heavy atom. The van der Waals surface area contributed by atoms with Crippen LogP contribution in [0.1, 0.15) is 32.1 Å². The van der Waals surface area contributed by atoms with Crippen LogP contribution < -0.4 is 0 Å². The minimum absolute atomic E-state index is 0.349. The fraction of sp³-hybridized carbons (Fsp3) is 0.333. The van der Waals surface area contributed by atoms with Crippen LogP contribution in [0.2, 0.25) is 0 Å². The molecule has 0 aliphatic heterocycles. The van der Waals surface area contributed by atoms with E-state index in [1.165, 1.54) is 7.11 Å². The zero-order valence-corrected chi connectivity index (χ0v) is 7.80. The number of H-pyrrole nitrogens is 1. The zero-order chi connectivity index (χ0) is 10.0. The number of aromatic nitrogens is 1. The number of hydrogen-bond acceptors (Lipinski definition) is 3. The molecule has 1 heterocycles. The summed E-state index contributed by atoms with van der Waals surface area (Å²) in [5, 5.41) is 0. The Balaban J connectivity index is 3.24. The van der Waals surface area contributed by atoms with E-state index in [1.807, 2.05) is 0 Å². The summed E-state index contributed by atoms with van der Waals surface area (Å²) in [7, 11) is 1.30. The predicted octanol–water partition coefficient (Wildman–Crippen LogP) is 1.23. The lowest BCUT2D eigenvalue weighted by Crippen LogP contribution is -2.03. The highest BCUT2D eigenvalue weighted by Crippen LogP contribution is 2.16. The van der Waals surface area contributed by atoms with Crippen molar-refractivity contribution in [2.75, 3.05) is 7.11 Å². The molecule has 0 unspecified atom stereocenters. The lowest BCUT2D eigenvalue weighted by Gasteiger charge is -1.96. The Morgan fingerprint density at radius 3 is 2.38 bits per heavy atom. The molecule has 0 radical (unpaired) electrons. The van der Waals surface area contributed by atoms with Crippen LogP contribution in [0.25, 0.3) is 0 Å². The van der Waals surface area contributed by atoms with E-state index in [0.29, 0.717) is 17.7 Å². The molecule has 4 heteroatoms. The Bertz CT molecular complexity index is 352. The SMILES string of the molecule is COC(=O)c1[nH]c(C=O)c(C)c1C. The number of nitrogens with one attached hydrogen (secondary N) is 1. The average Bonchev–Trinajstić information content (AvgIpc) is 2.43. The van der Waals surface area contributed by atoms with E-state index in [2.05, 4.69) is 9.72 Å². The molecule has 0 fully saturated rings. The molecule has 70 valence electrons. The van der Waals surface area contributed by atoms with Crippen molar-refractivity contribution in [3.8, 4) is 0 Å². The summed E-state index contributed by atoms with van der Waals surface area (Å²) in [5.41, 5.74) is 2.32. The molecular weight excluding hydrogens is 170 g/mol. The molecule has 0 aliphatic carbocycles. The first-order valence-electron chi connectivity index (χ1n) is 3.84. The Hall–Kier alpha value is -1.58. The summed E-state index contributed by atoms with van der Waals surface area (Å²) in [5.74, 6) is -0.450. The first-order valence-corrected chi connectivity index (χ1v) is 3.84. The van der Waals surface area contributed by atoms with Crippen LogP contribution in [0.5, 0.6) is 0 Å². The van der Waals surface area contributed by atoms with E-state index in [-0.39, 0.29) is 0 Å². The van der Waals surface area contributed by atoms with Gasteiger partial charge in [0.15, 0.2) is 6.29 Å². The van der Waals surface area contributed by atoms with Gasteiger partial charge in [-0.3, -0.25) is 4.79 Å². The average molecular weight is 181 g/mol. The predicted molar refractivity (Wildman–Crippen MR) is 47.0 cm³/mol. The van der Waals surface area contributed by atoms with Gasteiger partial charge in [-0.05, 0) is 25.0 Å². The Kier molecular flexibility index (Phi) is 2.51. The van der Waals surface area contributed by atoms with Gasteiger partial charge in [0, 0.05) is 0 Å². The number of methoxy groups -OCH3 is 1. The van der Waals surface area contributed by atoms with Crippen LogP contribution >= 0.6 is 0 Å². The van der Waals surface area contributed by atoms with E-state index in [9.17, 15) is 9.59 Å². The fourth-order valence-electron chi connectivity index (χ4n) is 1.14. The molecular formula is C9H11NO3. The van der Waals surface area contributed by atoms with Crippen LogP contribution in [0.15, 0.2) is 0 Å². The van der Waals surface area contributed by atoms with Crippen molar-refractivity contribution in [2.24, 2.45) is 0 Å². The van der Waals surface area contributed by atoms with Gasteiger partial charge in [0.05, 0.1) is 12.8 Å². The minimum Gasteiger partial charge on any atom is -0.464 e. The van der Waals surface area contributed by atoms with Gasteiger partial charge in [0.2, 0.25) is 0 Å². The Labute approximate surface area is 75.9 Å². The quantitative estimate of drug-likeness (QED) is 0.551. The maximum absolute atomic E-state index is 11.1. The van der Waals surface area contributed by atoms with E-state index >= 15 is 0 Å². The van der Waals surface area contributed by atoms with Crippen molar-refractivity contribution in [3.63, 3.8) is 0 Å². The summed E-state index contributed by atoms with van der Waals surface area (Å²) >= 11 is 0. The monoisotopic (exact) mass is 181 g/mol. The summed E-state index contributed by atoms with van der Waals surface area (Å²) in [6.07, 6.45) is 0.689. The number of rotatable bonds is 2. The first kappa shape index (κ1) is 9.51. The summed E-state index contributed by atoms with van der Waals surface area (Å²) in [6.45, 7) is 3.55. The van der Waals surface area contributed by atoms with Gasteiger partial charge < -0.3 is 9.72 Å². The molecule has 4 nitrogen and oxygen atoms in total. The van der Waals surface area contributed by atoms with Crippen LogP contribution in [0, 0.1) is 13.8 Å². The minimum atomic E-state index is -0.450. The lowest BCUT2D eigenvalue weighted by molar-refractivity contribution is 0.0594. The molecule has 0 saturated carbocycles. The maximum atomic E-state index is 11.1. The van der Waals surface area contributed by atoms with Crippen LogP contribution in [-0.2, 0) is 4.74 Å². The molecule has 0 atom stereocenters. The molecule has 1 rings (SSSR count). The molecule has 0 bridgehead atoms. The second kappa shape index (κ2) is 3.43. The third kappa shape index (κ3) is 1.47. The third-order valence-corrected chi connectivity index (χ3v) is 2.11. The van der Waals surface area contributed by atoms with Crippen molar-refractivity contribution in [1.29, 1.82) is 0 Å². The van der Waals surface area contributed by atoms with Crippen LogP contribution in [0.3, 0.4) is 0 Å². The van der Waals surface area contributed by atoms with E-state index < -0.39 is 5.97 Å². The van der Waals surface area contributed by atoms with Gasteiger partial charge >= 0.3 is 5.97 Å². The van der Waals surface area contributed by atoms with Gasteiger partial charge in [-0.2, -0.15) is 0 Å². The lowest BCUT2D eigenvalue weighted by atomic mass is 10.1. The standard InChI is InChI=1S/C9H11NO3/c1-5-6(2)8(9(12)13-3)10-7(5)4-11/h4,10H,1-3H3. The molecule has 0 aliphatic rings. The molecule has 0 saturated heterocycles. The van der Waals surface area contributed by atoms with Crippen LogP contribution in [-0.4, -0.2) is 24.3 Å². The smallest absolute Gasteiger partial charge is 0.354 e. The van der Waals surface area contributed by atoms with Gasteiger partial charge in [-0.15, -0.1) is 0 Å². The van der Waals surface area contributed by atoms with Gasteiger partial charge in [0.25, 0.3) is 0 Å². The third-order valence-electron chi connectivity index (χ3n) is 2.11. The van der Waals surface area contributed by atoms with Gasteiger partial charge in [-0.25, -0.2) is 4.79 Å². The molecule has 1 aromatic heterocycles. The fourth-order valence-corrected chi connectivity index (χ4v) is 1.14. The molecule has 0 aromatic carbocycles. The van der Waals surface area contributed by atoms with E-state index in [4.69, 9.17) is 0 Å². The van der Waals surface area contributed by atoms with Crippen molar-refractivity contribution < 1.29 is 14.3 Å². The number of aldehydes is 1.